The number of nitrogens with one attached hydrogen (secondary N) is 1. The second-order valence-corrected chi connectivity index (χ2v) is 3.32. The molecule has 0 saturated heterocycles. The van der Waals surface area contributed by atoms with E-state index in [1.165, 1.54) is 0 Å². The molecule has 0 aliphatic rings. The first-order valence-corrected chi connectivity index (χ1v) is 4.59. The lowest BCUT2D eigenvalue weighted by atomic mass is 10.1. The predicted molar refractivity (Wildman–Crippen MR) is 55.7 cm³/mol. The normalized spacial score (nSPS) is 10.1. The maximum Gasteiger partial charge on any atom is 0.196 e. The Morgan fingerprint density at radius 2 is 1.86 bits per heavy atom. The van der Waals surface area contributed by atoms with Crippen LogP contribution in [0, 0.1) is 0 Å². The highest BCUT2D eigenvalue weighted by molar-refractivity contribution is 6.34. The SMILES string of the molecule is O=C(c1ccccc1)c1c[nH]cc1Cl. The van der Waals surface area contributed by atoms with Gasteiger partial charge in [0.15, 0.2) is 5.78 Å². The van der Waals surface area contributed by atoms with E-state index >= 15 is 0 Å². The number of hydrogen-bond donors (Lipinski definition) is 1. The van der Waals surface area contributed by atoms with Crippen LogP contribution in [0.3, 0.4) is 0 Å². The van der Waals surface area contributed by atoms with Gasteiger partial charge < -0.3 is 4.98 Å². The molecule has 1 aromatic carbocycles. The molecule has 1 N–H and O–H groups in total. The second kappa shape index (κ2) is 3.68. The molecule has 0 fully saturated rings. The quantitative estimate of drug-likeness (QED) is 0.752. The van der Waals surface area contributed by atoms with E-state index in [0.717, 1.165) is 0 Å². The van der Waals surface area contributed by atoms with Gasteiger partial charge in [-0.15, -0.1) is 0 Å². The van der Waals surface area contributed by atoms with Gasteiger partial charge in [0.25, 0.3) is 0 Å². The Kier molecular flexibility index (Phi) is 2.37. The summed E-state index contributed by atoms with van der Waals surface area (Å²) in [4.78, 5) is 14.6. The molecule has 0 unspecified atom stereocenters. The van der Waals surface area contributed by atoms with Crippen molar-refractivity contribution in [3.63, 3.8) is 0 Å². The van der Waals surface area contributed by atoms with Crippen molar-refractivity contribution in [1.82, 2.24) is 4.98 Å². The smallest absolute Gasteiger partial charge is 0.196 e. The molecule has 2 aromatic rings. The first kappa shape index (κ1) is 9.03. The number of ketones is 1. The van der Waals surface area contributed by atoms with Gasteiger partial charge in [-0.05, 0) is 0 Å². The van der Waals surface area contributed by atoms with Crippen molar-refractivity contribution in [2.24, 2.45) is 0 Å². The van der Waals surface area contributed by atoms with Gasteiger partial charge in [-0.3, -0.25) is 4.79 Å². The minimum absolute atomic E-state index is 0.0585. The molecule has 0 spiro atoms. The first-order valence-electron chi connectivity index (χ1n) is 4.21. The molecule has 0 saturated carbocycles. The molecule has 0 aliphatic heterocycles. The van der Waals surface area contributed by atoms with Crippen LogP contribution in [0.1, 0.15) is 15.9 Å². The lowest BCUT2D eigenvalue weighted by molar-refractivity contribution is 0.103. The van der Waals surface area contributed by atoms with Crippen LogP contribution >= 0.6 is 11.6 Å². The van der Waals surface area contributed by atoms with Crippen LogP contribution in [-0.4, -0.2) is 10.8 Å². The maximum absolute atomic E-state index is 11.8. The Morgan fingerprint density at radius 1 is 1.14 bits per heavy atom. The van der Waals surface area contributed by atoms with Gasteiger partial charge in [-0.25, -0.2) is 0 Å². The summed E-state index contributed by atoms with van der Waals surface area (Å²) in [6, 6.07) is 9.06. The second-order valence-electron chi connectivity index (χ2n) is 2.91. The van der Waals surface area contributed by atoms with Gasteiger partial charge in [0.1, 0.15) is 0 Å². The van der Waals surface area contributed by atoms with Crippen LogP contribution in [-0.2, 0) is 0 Å². The average molecular weight is 206 g/mol. The number of hydrogen-bond acceptors (Lipinski definition) is 1. The number of H-pyrrole nitrogens is 1. The molecule has 0 atom stereocenters. The number of benzene rings is 1. The van der Waals surface area contributed by atoms with Crippen molar-refractivity contribution in [2.45, 2.75) is 0 Å². The summed E-state index contributed by atoms with van der Waals surface area (Å²) >= 11 is 5.83. The van der Waals surface area contributed by atoms with Crippen molar-refractivity contribution in [2.75, 3.05) is 0 Å². The number of aromatic nitrogens is 1. The van der Waals surface area contributed by atoms with Crippen molar-refractivity contribution < 1.29 is 4.79 Å². The number of rotatable bonds is 2. The lowest BCUT2D eigenvalue weighted by Crippen LogP contribution is -1.99. The largest absolute Gasteiger partial charge is 0.366 e. The number of carbonyl (C=O) groups excluding carboxylic acids is 1. The fourth-order valence-electron chi connectivity index (χ4n) is 1.26. The van der Waals surface area contributed by atoms with Gasteiger partial charge in [0.05, 0.1) is 10.6 Å². The monoisotopic (exact) mass is 205 g/mol. The van der Waals surface area contributed by atoms with Crippen LogP contribution in [0.5, 0.6) is 0 Å². The standard InChI is InChI=1S/C11H8ClNO/c12-10-7-13-6-9(10)11(14)8-4-2-1-3-5-8/h1-7,13H. The molecule has 0 radical (unpaired) electrons. The third-order valence-electron chi connectivity index (χ3n) is 1.98. The first-order chi connectivity index (χ1) is 6.79. The summed E-state index contributed by atoms with van der Waals surface area (Å²) in [5.74, 6) is -0.0585. The number of aromatic amines is 1. The molecular weight excluding hydrogens is 198 g/mol. The Labute approximate surface area is 86.5 Å². The molecule has 14 heavy (non-hydrogen) atoms. The highest BCUT2D eigenvalue weighted by Crippen LogP contribution is 2.18. The van der Waals surface area contributed by atoms with Crippen LogP contribution in [0.15, 0.2) is 42.7 Å². The Hall–Kier alpha value is -1.54. The molecule has 0 bridgehead atoms. The summed E-state index contributed by atoms with van der Waals surface area (Å²) in [7, 11) is 0. The van der Waals surface area contributed by atoms with Crippen molar-refractivity contribution in [1.29, 1.82) is 0 Å². The summed E-state index contributed by atoms with van der Waals surface area (Å²) < 4.78 is 0. The van der Waals surface area contributed by atoms with E-state index in [4.69, 9.17) is 11.6 Å². The van der Waals surface area contributed by atoms with Crippen molar-refractivity contribution in [3.05, 3.63) is 58.9 Å². The Bertz CT molecular complexity index is 447. The van der Waals surface area contributed by atoms with Crippen LogP contribution < -0.4 is 0 Å². The van der Waals surface area contributed by atoms with Crippen LogP contribution in [0.4, 0.5) is 0 Å². The molecule has 2 rings (SSSR count). The van der Waals surface area contributed by atoms with E-state index in [2.05, 4.69) is 4.98 Å². The molecule has 3 heteroatoms. The van der Waals surface area contributed by atoms with E-state index in [1.807, 2.05) is 18.2 Å². The van der Waals surface area contributed by atoms with Crippen LogP contribution in [0.2, 0.25) is 5.02 Å². The van der Waals surface area contributed by atoms with E-state index in [9.17, 15) is 4.79 Å². The summed E-state index contributed by atoms with van der Waals surface area (Å²) in [6.07, 6.45) is 3.20. The summed E-state index contributed by atoms with van der Waals surface area (Å²) in [6.45, 7) is 0. The predicted octanol–water partition coefficient (Wildman–Crippen LogP) is 2.90. The Morgan fingerprint density at radius 3 is 2.43 bits per heavy atom. The molecule has 0 aliphatic carbocycles. The zero-order valence-corrected chi connectivity index (χ0v) is 8.08. The van der Waals surface area contributed by atoms with Gasteiger partial charge in [0.2, 0.25) is 0 Å². The number of halogens is 1. The molecule has 1 aromatic heterocycles. The molecule has 0 amide bonds. The summed E-state index contributed by atoms with van der Waals surface area (Å²) in [5.41, 5.74) is 1.16. The fourth-order valence-corrected chi connectivity index (χ4v) is 1.47. The molecule has 2 nitrogen and oxygen atoms in total. The van der Waals surface area contributed by atoms with Crippen molar-refractivity contribution in [3.8, 4) is 0 Å². The summed E-state index contributed by atoms with van der Waals surface area (Å²) in [5, 5.41) is 0.457. The highest BCUT2D eigenvalue weighted by atomic mass is 35.5. The molecule has 70 valence electrons. The number of carbonyl (C=O) groups is 1. The van der Waals surface area contributed by atoms with Crippen LogP contribution in [0.25, 0.3) is 0 Å². The highest BCUT2D eigenvalue weighted by Gasteiger charge is 2.12. The van der Waals surface area contributed by atoms with Gasteiger partial charge >= 0.3 is 0 Å². The Balaban J connectivity index is 2.39. The molecular formula is C11H8ClNO. The minimum Gasteiger partial charge on any atom is -0.366 e. The lowest BCUT2D eigenvalue weighted by Gasteiger charge is -1.97. The molecule has 1 heterocycles. The van der Waals surface area contributed by atoms with E-state index in [0.29, 0.717) is 16.1 Å². The maximum atomic E-state index is 11.8. The fraction of sp³-hybridized carbons (Fsp3) is 0. The van der Waals surface area contributed by atoms with Gasteiger partial charge in [-0.2, -0.15) is 0 Å². The third-order valence-corrected chi connectivity index (χ3v) is 2.29. The average Bonchev–Trinajstić information content (AvgIpc) is 2.65. The zero-order chi connectivity index (χ0) is 9.97. The third kappa shape index (κ3) is 1.56. The minimum atomic E-state index is -0.0585. The topological polar surface area (TPSA) is 32.9 Å². The van der Waals surface area contributed by atoms with E-state index in [-0.39, 0.29) is 5.78 Å². The van der Waals surface area contributed by atoms with Gasteiger partial charge in [-0.1, -0.05) is 41.9 Å². The van der Waals surface area contributed by atoms with Crippen molar-refractivity contribution >= 4 is 17.4 Å². The van der Waals surface area contributed by atoms with Gasteiger partial charge in [0, 0.05) is 18.0 Å². The van der Waals surface area contributed by atoms with E-state index < -0.39 is 0 Å². The van der Waals surface area contributed by atoms with E-state index in [1.54, 1.807) is 24.5 Å². The zero-order valence-electron chi connectivity index (χ0n) is 7.33.